The molecule has 0 spiro atoms. The van der Waals surface area contributed by atoms with Gasteiger partial charge < -0.3 is 9.47 Å². The summed E-state index contributed by atoms with van der Waals surface area (Å²) in [6.07, 6.45) is 0. The minimum atomic E-state index is -0.721. The van der Waals surface area contributed by atoms with Crippen molar-refractivity contribution in [3.63, 3.8) is 0 Å². The Balaban J connectivity index is 2.40. The van der Waals surface area contributed by atoms with Crippen LogP contribution < -0.4 is 0 Å². The van der Waals surface area contributed by atoms with Gasteiger partial charge in [0, 0.05) is 10.6 Å². The Bertz CT molecular complexity index is 346. The van der Waals surface area contributed by atoms with E-state index in [1.54, 1.807) is 12.1 Å². The van der Waals surface area contributed by atoms with Crippen LogP contribution >= 0.6 is 23.2 Å². The standard InChI is InChI=1S/C10H10Cl2O2/c1-10(13-4-5-14-10)8-3-2-7(11)6-9(8)12/h2-3,6H,4-5H2,1H3. The summed E-state index contributed by atoms with van der Waals surface area (Å²) in [4.78, 5) is 0. The number of rotatable bonds is 1. The second-order valence-electron chi connectivity index (χ2n) is 3.27. The van der Waals surface area contributed by atoms with Crippen LogP contribution in [0.4, 0.5) is 0 Å². The Morgan fingerprint density at radius 3 is 2.43 bits per heavy atom. The molecule has 1 aromatic carbocycles. The van der Waals surface area contributed by atoms with E-state index in [1.165, 1.54) is 0 Å². The molecule has 1 aromatic rings. The third-order valence-corrected chi connectivity index (χ3v) is 2.81. The summed E-state index contributed by atoms with van der Waals surface area (Å²) in [6.45, 7) is 3.04. The van der Waals surface area contributed by atoms with Crippen molar-refractivity contribution in [1.82, 2.24) is 0 Å². The van der Waals surface area contributed by atoms with Crippen molar-refractivity contribution in [2.45, 2.75) is 12.7 Å². The van der Waals surface area contributed by atoms with E-state index in [0.717, 1.165) is 5.56 Å². The van der Waals surface area contributed by atoms with E-state index in [4.69, 9.17) is 32.7 Å². The molecule has 0 bridgehead atoms. The third kappa shape index (κ3) is 1.75. The maximum absolute atomic E-state index is 6.05. The van der Waals surface area contributed by atoms with Crippen molar-refractivity contribution < 1.29 is 9.47 Å². The summed E-state index contributed by atoms with van der Waals surface area (Å²) < 4.78 is 11.0. The minimum Gasteiger partial charge on any atom is -0.344 e. The molecule has 1 aliphatic heterocycles. The van der Waals surface area contributed by atoms with Crippen molar-refractivity contribution in [1.29, 1.82) is 0 Å². The maximum atomic E-state index is 6.05. The molecule has 0 amide bonds. The SMILES string of the molecule is CC1(c2ccc(Cl)cc2Cl)OCCO1. The molecule has 0 aromatic heterocycles. The van der Waals surface area contributed by atoms with E-state index < -0.39 is 5.79 Å². The molecule has 0 N–H and O–H groups in total. The number of ether oxygens (including phenoxy) is 2. The van der Waals surface area contributed by atoms with E-state index in [1.807, 2.05) is 13.0 Å². The molecule has 0 atom stereocenters. The number of halogens is 2. The van der Waals surface area contributed by atoms with Gasteiger partial charge in [-0.1, -0.05) is 29.3 Å². The lowest BCUT2D eigenvalue weighted by Crippen LogP contribution is -2.22. The average Bonchev–Trinajstić information content (AvgIpc) is 2.52. The molecule has 1 heterocycles. The number of hydrogen-bond donors (Lipinski definition) is 0. The molecule has 2 nitrogen and oxygen atoms in total. The molecular weight excluding hydrogens is 223 g/mol. The van der Waals surface area contributed by atoms with E-state index in [2.05, 4.69) is 0 Å². The lowest BCUT2D eigenvalue weighted by molar-refractivity contribution is -0.149. The largest absolute Gasteiger partial charge is 0.344 e. The number of hydrogen-bond acceptors (Lipinski definition) is 2. The Morgan fingerprint density at radius 2 is 1.86 bits per heavy atom. The van der Waals surface area contributed by atoms with Gasteiger partial charge in [0.15, 0.2) is 5.79 Å². The molecule has 14 heavy (non-hydrogen) atoms. The Morgan fingerprint density at radius 1 is 1.21 bits per heavy atom. The zero-order valence-corrected chi connectivity index (χ0v) is 9.23. The number of benzene rings is 1. The molecule has 1 aliphatic rings. The van der Waals surface area contributed by atoms with E-state index in [9.17, 15) is 0 Å². The quantitative estimate of drug-likeness (QED) is 0.741. The molecule has 2 rings (SSSR count). The first-order valence-electron chi connectivity index (χ1n) is 4.35. The summed E-state index contributed by atoms with van der Waals surface area (Å²) in [6, 6.07) is 5.30. The lowest BCUT2D eigenvalue weighted by Gasteiger charge is -2.23. The van der Waals surface area contributed by atoms with Gasteiger partial charge in [0.05, 0.1) is 18.2 Å². The first-order chi connectivity index (χ1) is 6.62. The summed E-state index contributed by atoms with van der Waals surface area (Å²) in [7, 11) is 0. The van der Waals surface area contributed by atoms with Crippen molar-refractivity contribution in [2.75, 3.05) is 13.2 Å². The van der Waals surface area contributed by atoms with Gasteiger partial charge in [-0.25, -0.2) is 0 Å². The minimum absolute atomic E-state index is 0.571. The summed E-state index contributed by atoms with van der Waals surface area (Å²) in [5, 5.41) is 1.18. The fraction of sp³-hybridized carbons (Fsp3) is 0.400. The van der Waals surface area contributed by atoms with Crippen LogP contribution in [0.1, 0.15) is 12.5 Å². The highest BCUT2D eigenvalue weighted by molar-refractivity contribution is 6.35. The van der Waals surface area contributed by atoms with Crippen molar-refractivity contribution in [2.24, 2.45) is 0 Å². The van der Waals surface area contributed by atoms with Crippen LogP contribution in [-0.4, -0.2) is 13.2 Å². The molecule has 76 valence electrons. The zero-order valence-electron chi connectivity index (χ0n) is 7.72. The van der Waals surface area contributed by atoms with E-state index >= 15 is 0 Å². The van der Waals surface area contributed by atoms with Gasteiger partial charge in [-0.2, -0.15) is 0 Å². The van der Waals surface area contributed by atoms with Crippen molar-refractivity contribution in [3.05, 3.63) is 33.8 Å². The van der Waals surface area contributed by atoms with E-state index in [0.29, 0.717) is 23.3 Å². The van der Waals surface area contributed by atoms with Crippen LogP contribution in [0.15, 0.2) is 18.2 Å². The van der Waals surface area contributed by atoms with Crippen LogP contribution in [0.2, 0.25) is 10.0 Å². The van der Waals surface area contributed by atoms with Crippen LogP contribution in [0.5, 0.6) is 0 Å². The fourth-order valence-corrected chi connectivity index (χ4v) is 2.11. The summed E-state index contributed by atoms with van der Waals surface area (Å²) in [5.74, 6) is -0.721. The monoisotopic (exact) mass is 232 g/mol. The summed E-state index contributed by atoms with van der Waals surface area (Å²) >= 11 is 11.9. The molecule has 0 aliphatic carbocycles. The second-order valence-corrected chi connectivity index (χ2v) is 4.11. The Labute approximate surface area is 92.7 Å². The normalized spacial score (nSPS) is 19.9. The molecule has 1 saturated heterocycles. The highest BCUT2D eigenvalue weighted by atomic mass is 35.5. The first kappa shape index (κ1) is 10.2. The molecule has 0 saturated carbocycles. The van der Waals surface area contributed by atoms with Gasteiger partial charge in [-0.05, 0) is 19.1 Å². The van der Waals surface area contributed by atoms with Gasteiger partial charge in [0.25, 0.3) is 0 Å². The molecule has 4 heteroatoms. The fourth-order valence-electron chi connectivity index (χ4n) is 1.53. The highest BCUT2D eigenvalue weighted by Crippen LogP contribution is 2.36. The first-order valence-corrected chi connectivity index (χ1v) is 5.11. The van der Waals surface area contributed by atoms with Gasteiger partial charge >= 0.3 is 0 Å². The van der Waals surface area contributed by atoms with Gasteiger partial charge in [-0.3, -0.25) is 0 Å². The molecule has 0 radical (unpaired) electrons. The van der Waals surface area contributed by atoms with Crippen molar-refractivity contribution in [3.8, 4) is 0 Å². The molecule has 1 fully saturated rings. The highest BCUT2D eigenvalue weighted by Gasteiger charge is 2.34. The Hall–Kier alpha value is -0.280. The van der Waals surface area contributed by atoms with Gasteiger partial charge in [0.2, 0.25) is 0 Å². The second kappa shape index (κ2) is 3.70. The third-order valence-electron chi connectivity index (χ3n) is 2.26. The molecule has 0 unspecified atom stereocenters. The predicted octanol–water partition coefficient (Wildman–Crippen LogP) is 3.21. The van der Waals surface area contributed by atoms with Gasteiger partial charge in [-0.15, -0.1) is 0 Å². The lowest BCUT2D eigenvalue weighted by atomic mass is 10.1. The van der Waals surface area contributed by atoms with E-state index in [-0.39, 0.29) is 0 Å². The predicted molar refractivity (Wildman–Crippen MR) is 55.7 cm³/mol. The smallest absolute Gasteiger partial charge is 0.193 e. The van der Waals surface area contributed by atoms with Crippen molar-refractivity contribution >= 4 is 23.2 Å². The van der Waals surface area contributed by atoms with Gasteiger partial charge in [0.1, 0.15) is 0 Å². The Kier molecular flexibility index (Phi) is 2.71. The average molecular weight is 233 g/mol. The van der Waals surface area contributed by atoms with Crippen LogP contribution in [-0.2, 0) is 15.3 Å². The zero-order chi connectivity index (χ0) is 10.2. The van der Waals surface area contributed by atoms with Crippen LogP contribution in [0.3, 0.4) is 0 Å². The summed E-state index contributed by atoms with van der Waals surface area (Å²) in [5.41, 5.74) is 0.820. The molecular formula is C10H10Cl2O2. The maximum Gasteiger partial charge on any atom is 0.193 e. The van der Waals surface area contributed by atoms with Crippen LogP contribution in [0, 0.1) is 0 Å². The van der Waals surface area contributed by atoms with Crippen LogP contribution in [0.25, 0.3) is 0 Å². The topological polar surface area (TPSA) is 18.5 Å².